The second-order valence-electron chi connectivity index (χ2n) is 4.10. The van der Waals surface area contributed by atoms with Crippen molar-refractivity contribution in [1.29, 1.82) is 0 Å². The summed E-state index contributed by atoms with van der Waals surface area (Å²) in [6.07, 6.45) is 2.21. The van der Waals surface area contributed by atoms with Crippen molar-refractivity contribution < 1.29 is 9.53 Å². The standard InChI is InChI=1S/C13H17N3O2S/c1-4-18-13(17)7-9(2)12-6-5-11(19-12)8-10(3)15-16-14/h5-7,10H,4,8H2,1-3H3/b9-7+. The first kappa shape index (κ1) is 15.3. The van der Waals surface area contributed by atoms with Crippen LogP contribution in [0.3, 0.4) is 0 Å². The summed E-state index contributed by atoms with van der Waals surface area (Å²) in [6.45, 7) is 5.91. The number of carbonyl (C=O) groups is 1. The van der Waals surface area contributed by atoms with Gasteiger partial charge < -0.3 is 4.74 Å². The van der Waals surface area contributed by atoms with Crippen LogP contribution in [0.4, 0.5) is 0 Å². The van der Waals surface area contributed by atoms with Gasteiger partial charge in [0.05, 0.1) is 6.61 Å². The van der Waals surface area contributed by atoms with Gasteiger partial charge in [0.1, 0.15) is 0 Å². The highest BCUT2D eigenvalue weighted by molar-refractivity contribution is 7.13. The van der Waals surface area contributed by atoms with Crippen molar-refractivity contribution in [3.05, 3.63) is 38.4 Å². The maximum atomic E-state index is 11.3. The molecule has 1 aromatic heterocycles. The van der Waals surface area contributed by atoms with Crippen LogP contribution in [0.2, 0.25) is 0 Å². The zero-order valence-corrected chi connectivity index (χ0v) is 12.1. The molecule has 6 heteroatoms. The van der Waals surface area contributed by atoms with Gasteiger partial charge in [-0.3, -0.25) is 0 Å². The summed E-state index contributed by atoms with van der Waals surface area (Å²) in [4.78, 5) is 16.3. The SMILES string of the molecule is CCOC(=O)/C=C(\C)c1ccc(CC(C)N=[N+]=[N-])s1. The van der Waals surface area contributed by atoms with Crippen molar-refractivity contribution in [2.24, 2.45) is 5.11 Å². The fraction of sp³-hybridized carbons (Fsp3) is 0.462. The van der Waals surface area contributed by atoms with E-state index >= 15 is 0 Å². The zero-order valence-electron chi connectivity index (χ0n) is 11.3. The lowest BCUT2D eigenvalue weighted by Gasteiger charge is -2.01. The van der Waals surface area contributed by atoms with Crippen LogP contribution >= 0.6 is 11.3 Å². The van der Waals surface area contributed by atoms with Crippen LogP contribution < -0.4 is 0 Å². The molecule has 0 aliphatic heterocycles. The number of rotatable bonds is 6. The van der Waals surface area contributed by atoms with Crippen molar-refractivity contribution in [3.63, 3.8) is 0 Å². The van der Waals surface area contributed by atoms with Gasteiger partial charge in [-0.1, -0.05) is 12.0 Å². The molecule has 1 heterocycles. The molecule has 0 saturated carbocycles. The minimum atomic E-state index is -0.322. The fourth-order valence-electron chi connectivity index (χ4n) is 1.55. The number of ether oxygens (including phenoxy) is 1. The maximum absolute atomic E-state index is 11.3. The molecule has 0 aliphatic rings. The number of hydrogen-bond acceptors (Lipinski definition) is 4. The Kier molecular flexibility index (Phi) is 6.12. The lowest BCUT2D eigenvalue weighted by Crippen LogP contribution is -2.00. The van der Waals surface area contributed by atoms with E-state index in [4.69, 9.17) is 10.3 Å². The molecule has 0 aliphatic carbocycles. The largest absolute Gasteiger partial charge is 0.463 e. The topological polar surface area (TPSA) is 75.1 Å². The quantitative estimate of drug-likeness (QED) is 0.260. The van der Waals surface area contributed by atoms with Crippen molar-refractivity contribution in [2.45, 2.75) is 33.2 Å². The molecular weight excluding hydrogens is 262 g/mol. The molecule has 0 saturated heterocycles. The number of nitrogens with zero attached hydrogens (tertiary/aromatic N) is 3. The van der Waals surface area contributed by atoms with Gasteiger partial charge in [0.25, 0.3) is 0 Å². The Morgan fingerprint density at radius 3 is 3.00 bits per heavy atom. The Morgan fingerprint density at radius 2 is 2.37 bits per heavy atom. The molecular formula is C13H17N3O2S. The van der Waals surface area contributed by atoms with Crippen LogP contribution in [-0.4, -0.2) is 18.6 Å². The Morgan fingerprint density at radius 1 is 1.63 bits per heavy atom. The Bertz CT molecular complexity index is 516. The van der Waals surface area contributed by atoms with Crippen molar-refractivity contribution in [1.82, 2.24) is 0 Å². The summed E-state index contributed by atoms with van der Waals surface area (Å²) < 4.78 is 4.87. The van der Waals surface area contributed by atoms with Gasteiger partial charge in [0.15, 0.2) is 0 Å². The Hall–Kier alpha value is -1.78. The van der Waals surface area contributed by atoms with Crippen molar-refractivity contribution >= 4 is 22.9 Å². The molecule has 1 rings (SSSR count). The molecule has 102 valence electrons. The highest BCUT2D eigenvalue weighted by Gasteiger charge is 2.07. The number of azide groups is 1. The van der Waals surface area contributed by atoms with Gasteiger partial charge in [-0.2, -0.15) is 0 Å². The average Bonchev–Trinajstić information content (AvgIpc) is 2.78. The zero-order chi connectivity index (χ0) is 14.3. The predicted octanol–water partition coefficient (Wildman–Crippen LogP) is 3.96. The van der Waals surface area contributed by atoms with Crippen LogP contribution in [0.1, 0.15) is 30.5 Å². The molecule has 0 bridgehead atoms. The normalized spacial score (nSPS) is 12.7. The number of esters is 1. The second-order valence-corrected chi connectivity index (χ2v) is 5.27. The Labute approximate surface area is 116 Å². The van der Waals surface area contributed by atoms with Gasteiger partial charge in [-0.05, 0) is 43.5 Å². The van der Waals surface area contributed by atoms with Crippen LogP contribution in [0.15, 0.2) is 23.3 Å². The molecule has 1 atom stereocenters. The maximum Gasteiger partial charge on any atom is 0.331 e. The minimum absolute atomic E-state index is 0.0640. The minimum Gasteiger partial charge on any atom is -0.463 e. The monoisotopic (exact) mass is 279 g/mol. The first-order valence-corrected chi connectivity index (χ1v) is 6.86. The molecule has 1 unspecified atom stereocenters. The van der Waals surface area contributed by atoms with E-state index in [0.717, 1.165) is 15.3 Å². The van der Waals surface area contributed by atoms with Crippen LogP contribution in [0.25, 0.3) is 16.0 Å². The number of thiophene rings is 1. The molecule has 0 N–H and O–H groups in total. The summed E-state index contributed by atoms with van der Waals surface area (Å²) in [5, 5.41) is 3.65. The van der Waals surface area contributed by atoms with Gasteiger partial charge in [0.2, 0.25) is 0 Å². The van der Waals surface area contributed by atoms with E-state index in [1.165, 1.54) is 6.08 Å². The second kappa shape index (κ2) is 7.61. The summed E-state index contributed by atoms with van der Waals surface area (Å²) >= 11 is 1.60. The summed E-state index contributed by atoms with van der Waals surface area (Å²) in [5.74, 6) is -0.322. The first-order valence-electron chi connectivity index (χ1n) is 6.05. The molecule has 0 radical (unpaired) electrons. The predicted molar refractivity (Wildman–Crippen MR) is 76.9 cm³/mol. The highest BCUT2D eigenvalue weighted by atomic mass is 32.1. The van der Waals surface area contributed by atoms with E-state index in [-0.39, 0.29) is 12.0 Å². The third-order valence-electron chi connectivity index (χ3n) is 2.42. The third kappa shape index (κ3) is 5.16. The summed E-state index contributed by atoms with van der Waals surface area (Å²) in [5.41, 5.74) is 9.24. The van der Waals surface area contributed by atoms with E-state index < -0.39 is 0 Å². The van der Waals surface area contributed by atoms with Crippen LogP contribution in [-0.2, 0) is 16.0 Å². The molecule has 0 aromatic carbocycles. The molecule has 19 heavy (non-hydrogen) atoms. The van der Waals surface area contributed by atoms with Gasteiger partial charge in [-0.15, -0.1) is 11.3 Å². The van der Waals surface area contributed by atoms with Crippen molar-refractivity contribution in [2.75, 3.05) is 6.61 Å². The third-order valence-corrected chi connectivity index (χ3v) is 3.66. The molecule has 0 amide bonds. The smallest absolute Gasteiger partial charge is 0.331 e. The number of carbonyl (C=O) groups excluding carboxylic acids is 1. The Balaban J connectivity index is 2.73. The lowest BCUT2D eigenvalue weighted by molar-refractivity contribution is -0.137. The number of allylic oxidation sites excluding steroid dienone is 1. The summed E-state index contributed by atoms with van der Waals surface area (Å²) in [6, 6.07) is 3.89. The first-order chi connectivity index (χ1) is 9.06. The van der Waals surface area contributed by atoms with Crippen LogP contribution in [0.5, 0.6) is 0 Å². The summed E-state index contributed by atoms with van der Waals surface area (Å²) in [7, 11) is 0. The average molecular weight is 279 g/mol. The van der Waals surface area contributed by atoms with Gasteiger partial charge >= 0.3 is 5.97 Å². The van der Waals surface area contributed by atoms with E-state index in [2.05, 4.69) is 10.0 Å². The molecule has 0 fully saturated rings. The van der Waals surface area contributed by atoms with Crippen molar-refractivity contribution in [3.8, 4) is 0 Å². The lowest BCUT2D eigenvalue weighted by atomic mass is 10.2. The van der Waals surface area contributed by atoms with E-state index in [1.54, 1.807) is 18.3 Å². The van der Waals surface area contributed by atoms with E-state index in [1.807, 2.05) is 26.0 Å². The van der Waals surface area contributed by atoms with E-state index in [9.17, 15) is 4.79 Å². The van der Waals surface area contributed by atoms with Gasteiger partial charge in [-0.25, -0.2) is 4.79 Å². The van der Waals surface area contributed by atoms with Crippen LogP contribution in [0, 0.1) is 0 Å². The molecule has 5 nitrogen and oxygen atoms in total. The van der Waals surface area contributed by atoms with E-state index in [0.29, 0.717) is 13.0 Å². The molecule has 0 spiro atoms. The fourth-order valence-corrected chi connectivity index (χ4v) is 2.65. The highest BCUT2D eigenvalue weighted by Crippen LogP contribution is 2.25. The molecule has 1 aromatic rings. The number of hydrogen-bond donors (Lipinski definition) is 0. The van der Waals surface area contributed by atoms with Gasteiger partial charge in [0, 0.05) is 26.8 Å².